The van der Waals surface area contributed by atoms with E-state index in [0.29, 0.717) is 20.1 Å². The smallest absolute Gasteiger partial charge is 0.211 e. The Morgan fingerprint density at radius 3 is 2.65 bits per heavy atom. The van der Waals surface area contributed by atoms with Crippen LogP contribution in [-0.4, -0.2) is 16.1 Å². The standard InChI is InChI=1S/C15H10Br2N8O/c16-5-1-6(12(26)8(17)2-5)11-9-10(20)7(3-18)13(21)24-14(9)25-15(23-11)22-4-19/h1-2,11,26H,(H6,20,21,22,23,24,25). The Balaban J connectivity index is 2.32. The topological polar surface area (TPSA) is 169 Å². The SMILES string of the molecule is N#CNC1=NC(c2cc(Br)cc(Br)c2O)c2c(nc(N)c(C#N)c2N)N1. The highest BCUT2D eigenvalue weighted by Crippen LogP contribution is 2.45. The number of nitrogen functional groups attached to an aromatic ring is 2. The van der Waals surface area contributed by atoms with Gasteiger partial charge in [-0.2, -0.15) is 10.5 Å². The molecule has 2 heterocycles. The Kier molecular flexibility index (Phi) is 4.59. The molecule has 0 radical (unpaired) electrons. The summed E-state index contributed by atoms with van der Waals surface area (Å²) in [5.74, 6) is 0.248. The van der Waals surface area contributed by atoms with E-state index in [4.69, 9.17) is 16.7 Å². The van der Waals surface area contributed by atoms with Gasteiger partial charge in [-0.1, -0.05) is 15.9 Å². The molecule has 1 aliphatic heterocycles. The Labute approximate surface area is 164 Å². The fourth-order valence-corrected chi connectivity index (χ4v) is 3.86. The van der Waals surface area contributed by atoms with E-state index in [0.717, 1.165) is 0 Å². The van der Waals surface area contributed by atoms with Crippen molar-refractivity contribution < 1.29 is 5.11 Å². The number of hydrogen-bond donors (Lipinski definition) is 5. The summed E-state index contributed by atoms with van der Waals surface area (Å²) in [6.45, 7) is 0. The number of phenols is 1. The number of aliphatic imine (C=N–C) groups is 1. The van der Waals surface area contributed by atoms with E-state index in [1.54, 1.807) is 18.3 Å². The van der Waals surface area contributed by atoms with Gasteiger partial charge in [0, 0.05) is 15.6 Å². The van der Waals surface area contributed by atoms with E-state index in [1.807, 2.05) is 6.07 Å². The average Bonchev–Trinajstić information content (AvgIpc) is 2.58. The summed E-state index contributed by atoms with van der Waals surface area (Å²) in [4.78, 5) is 8.55. The molecule has 7 N–H and O–H groups in total. The van der Waals surface area contributed by atoms with Crippen LogP contribution in [0.5, 0.6) is 5.75 Å². The zero-order valence-corrected chi connectivity index (χ0v) is 16.1. The van der Waals surface area contributed by atoms with Crippen LogP contribution in [0, 0.1) is 22.8 Å². The summed E-state index contributed by atoms with van der Waals surface area (Å²) in [5, 5.41) is 33.9. The maximum Gasteiger partial charge on any atom is 0.211 e. The van der Waals surface area contributed by atoms with Crippen molar-refractivity contribution in [3.8, 4) is 18.0 Å². The summed E-state index contributed by atoms with van der Waals surface area (Å²) in [6.07, 6.45) is 1.76. The van der Waals surface area contributed by atoms with Crippen molar-refractivity contribution in [1.82, 2.24) is 10.3 Å². The lowest BCUT2D eigenvalue weighted by molar-refractivity contribution is 0.461. The number of nitrogens with two attached hydrogens (primary N) is 2. The molecule has 0 bridgehead atoms. The van der Waals surface area contributed by atoms with Gasteiger partial charge in [-0.05, 0) is 28.1 Å². The number of nitrogens with one attached hydrogen (secondary N) is 2. The second-order valence-corrected chi connectivity index (χ2v) is 7.00. The van der Waals surface area contributed by atoms with Gasteiger partial charge < -0.3 is 21.9 Å². The van der Waals surface area contributed by atoms with Crippen molar-refractivity contribution in [3.05, 3.63) is 37.8 Å². The Morgan fingerprint density at radius 2 is 2.00 bits per heavy atom. The van der Waals surface area contributed by atoms with Crippen LogP contribution < -0.4 is 22.1 Å². The number of nitrogens with zero attached hydrogens (tertiary/aromatic N) is 4. The fraction of sp³-hybridized carbons (Fsp3) is 0.0667. The van der Waals surface area contributed by atoms with Gasteiger partial charge >= 0.3 is 0 Å². The molecule has 11 heteroatoms. The number of halogens is 2. The third kappa shape index (κ3) is 2.87. The van der Waals surface area contributed by atoms with Gasteiger partial charge in [0.05, 0.1) is 10.2 Å². The Bertz CT molecular complexity index is 1040. The van der Waals surface area contributed by atoms with E-state index >= 15 is 0 Å². The van der Waals surface area contributed by atoms with E-state index in [9.17, 15) is 10.4 Å². The molecule has 0 spiro atoms. The lowest BCUT2D eigenvalue weighted by Crippen LogP contribution is -2.32. The van der Waals surface area contributed by atoms with E-state index in [1.165, 1.54) is 0 Å². The van der Waals surface area contributed by atoms with Gasteiger partial charge in [0.25, 0.3) is 0 Å². The molecular formula is C15H10Br2N8O. The van der Waals surface area contributed by atoms with Crippen molar-refractivity contribution in [2.45, 2.75) is 6.04 Å². The van der Waals surface area contributed by atoms with Crippen molar-refractivity contribution in [1.29, 1.82) is 10.5 Å². The molecule has 0 amide bonds. The number of fused-ring (bicyclic) bond motifs is 1. The predicted octanol–water partition coefficient (Wildman–Crippen LogP) is 2.29. The quantitative estimate of drug-likeness (QED) is 0.307. The molecule has 26 heavy (non-hydrogen) atoms. The first-order chi connectivity index (χ1) is 12.4. The average molecular weight is 478 g/mol. The second-order valence-electron chi connectivity index (χ2n) is 5.23. The van der Waals surface area contributed by atoms with Gasteiger partial charge in [-0.25, -0.2) is 9.98 Å². The lowest BCUT2D eigenvalue weighted by atomic mass is 9.94. The van der Waals surface area contributed by atoms with E-state index in [-0.39, 0.29) is 34.6 Å². The molecule has 0 aliphatic carbocycles. The molecule has 2 aromatic rings. The minimum absolute atomic E-state index is 0.0241. The molecule has 1 aromatic heterocycles. The Hall–Kier alpha value is -3.02. The lowest BCUT2D eigenvalue weighted by Gasteiger charge is -2.26. The predicted molar refractivity (Wildman–Crippen MR) is 103 cm³/mol. The summed E-state index contributed by atoms with van der Waals surface area (Å²) in [5.41, 5.74) is 12.8. The van der Waals surface area contributed by atoms with Gasteiger partial charge in [0.2, 0.25) is 5.96 Å². The third-order valence-electron chi connectivity index (χ3n) is 3.71. The molecule has 9 nitrogen and oxygen atoms in total. The van der Waals surface area contributed by atoms with Gasteiger partial charge in [-0.3, -0.25) is 5.32 Å². The second kappa shape index (κ2) is 6.71. The minimum Gasteiger partial charge on any atom is -0.506 e. The number of nitriles is 2. The molecular weight excluding hydrogens is 468 g/mol. The minimum atomic E-state index is -0.823. The first kappa shape index (κ1) is 17.8. The van der Waals surface area contributed by atoms with Gasteiger partial charge in [-0.15, -0.1) is 0 Å². The largest absolute Gasteiger partial charge is 0.506 e. The van der Waals surface area contributed by atoms with Crippen LogP contribution in [0.15, 0.2) is 26.1 Å². The zero-order valence-electron chi connectivity index (χ0n) is 12.9. The van der Waals surface area contributed by atoms with Crippen LogP contribution in [0.25, 0.3) is 0 Å². The van der Waals surface area contributed by atoms with Crippen LogP contribution in [0.2, 0.25) is 0 Å². The van der Waals surface area contributed by atoms with Crippen LogP contribution in [0.4, 0.5) is 17.3 Å². The normalized spacial score (nSPS) is 15.1. The number of benzene rings is 1. The van der Waals surface area contributed by atoms with E-state index in [2.05, 4.69) is 52.5 Å². The first-order valence-electron chi connectivity index (χ1n) is 7.04. The maximum atomic E-state index is 10.5. The van der Waals surface area contributed by atoms with E-state index < -0.39 is 6.04 Å². The van der Waals surface area contributed by atoms with Crippen LogP contribution in [0.1, 0.15) is 22.7 Å². The van der Waals surface area contributed by atoms with Crippen molar-refractivity contribution >= 4 is 55.1 Å². The third-order valence-corrected chi connectivity index (χ3v) is 4.77. The highest BCUT2D eigenvalue weighted by molar-refractivity contribution is 9.11. The molecule has 0 fully saturated rings. The zero-order chi connectivity index (χ0) is 19.0. The summed E-state index contributed by atoms with van der Waals surface area (Å²) < 4.78 is 1.12. The molecule has 0 saturated carbocycles. The number of aromatic hydroxyl groups is 1. The van der Waals surface area contributed by atoms with Crippen LogP contribution >= 0.6 is 31.9 Å². The molecule has 1 unspecified atom stereocenters. The summed E-state index contributed by atoms with van der Waals surface area (Å²) in [7, 11) is 0. The number of pyridine rings is 1. The van der Waals surface area contributed by atoms with Crippen LogP contribution in [0.3, 0.4) is 0 Å². The molecule has 130 valence electrons. The number of aromatic nitrogens is 1. The molecule has 1 aliphatic rings. The van der Waals surface area contributed by atoms with Crippen molar-refractivity contribution in [2.75, 3.05) is 16.8 Å². The molecule has 0 saturated heterocycles. The number of hydrogen-bond acceptors (Lipinski definition) is 9. The first-order valence-corrected chi connectivity index (χ1v) is 8.62. The number of rotatable bonds is 1. The highest BCUT2D eigenvalue weighted by atomic mass is 79.9. The Morgan fingerprint density at radius 1 is 1.27 bits per heavy atom. The molecule has 3 rings (SSSR count). The summed E-state index contributed by atoms with van der Waals surface area (Å²) in [6, 6.07) is 4.43. The fourth-order valence-electron chi connectivity index (χ4n) is 2.60. The van der Waals surface area contributed by atoms with Crippen molar-refractivity contribution in [2.24, 2.45) is 4.99 Å². The highest BCUT2D eigenvalue weighted by Gasteiger charge is 2.31. The number of phenolic OH excluding ortho intramolecular Hbond substituents is 1. The molecule has 1 aromatic carbocycles. The number of anilines is 3. The monoisotopic (exact) mass is 476 g/mol. The van der Waals surface area contributed by atoms with Crippen LogP contribution in [-0.2, 0) is 0 Å². The van der Waals surface area contributed by atoms with Gasteiger partial charge in [0.15, 0.2) is 6.19 Å². The maximum absolute atomic E-state index is 10.5. The summed E-state index contributed by atoms with van der Waals surface area (Å²) >= 11 is 6.64. The number of guanidine groups is 1. The van der Waals surface area contributed by atoms with Gasteiger partial charge in [0.1, 0.15) is 35.1 Å². The van der Waals surface area contributed by atoms with Crippen molar-refractivity contribution in [3.63, 3.8) is 0 Å². The molecule has 1 atom stereocenters.